The standard InChI is InChI=1S/C21H20FN3O2/c1-23-10-12-24(13-11-23)21(27)20(26)19-18(15-5-7-16(22)8-6-15)14-17-4-2-3-9-25(17)19/h2-9,14H,10-13H2,1H3. The summed E-state index contributed by atoms with van der Waals surface area (Å²) in [5.74, 6) is -1.37. The molecular formula is C21H20FN3O2. The molecule has 1 aliphatic rings. The molecule has 0 atom stereocenters. The molecule has 0 radical (unpaired) electrons. The van der Waals surface area contributed by atoms with E-state index in [2.05, 4.69) is 4.90 Å². The Morgan fingerprint density at radius 1 is 0.963 bits per heavy atom. The van der Waals surface area contributed by atoms with E-state index in [4.69, 9.17) is 0 Å². The molecule has 0 saturated carbocycles. The molecule has 3 aromatic rings. The number of pyridine rings is 1. The quantitative estimate of drug-likeness (QED) is 0.530. The number of ketones is 1. The van der Waals surface area contributed by atoms with Crippen LogP contribution in [0.1, 0.15) is 10.5 Å². The lowest BCUT2D eigenvalue weighted by molar-refractivity contribution is -0.127. The zero-order valence-corrected chi connectivity index (χ0v) is 15.1. The van der Waals surface area contributed by atoms with E-state index in [1.807, 2.05) is 31.3 Å². The Labute approximate surface area is 156 Å². The van der Waals surface area contributed by atoms with Crippen LogP contribution in [-0.4, -0.2) is 59.1 Å². The topological polar surface area (TPSA) is 45.0 Å². The molecule has 3 heterocycles. The van der Waals surface area contributed by atoms with Crippen molar-refractivity contribution in [3.8, 4) is 11.1 Å². The summed E-state index contributed by atoms with van der Waals surface area (Å²) in [5, 5.41) is 0. The van der Waals surface area contributed by atoms with E-state index in [1.165, 1.54) is 12.1 Å². The molecule has 1 amide bonds. The minimum absolute atomic E-state index is 0.320. The third kappa shape index (κ3) is 3.24. The van der Waals surface area contributed by atoms with Crippen molar-refractivity contribution >= 4 is 17.2 Å². The number of hydrogen-bond donors (Lipinski definition) is 0. The SMILES string of the molecule is CN1CCN(C(=O)C(=O)c2c(-c3ccc(F)cc3)cc3ccccn23)CC1. The summed E-state index contributed by atoms with van der Waals surface area (Å²) in [6, 6.07) is 13.4. The molecular weight excluding hydrogens is 345 g/mol. The molecule has 1 saturated heterocycles. The predicted molar refractivity (Wildman–Crippen MR) is 101 cm³/mol. The van der Waals surface area contributed by atoms with Crippen molar-refractivity contribution in [2.75, 3.05) is 33.2 Å². The Hall–Kier alpha value is -2.99. The molecule has 1 aliphatic heterocycles. The highest BCUT2D eigenvalue weighted by Gasteiger charge is 2.30. The summed E-state index contributed by atoms with van der Waals surface area (Å²) in [4.78, 5) is 29.8. The van der Waals surface area contributed by atoms with Crippen LogP contribution in [0.3, 0.4) is 0 Å². The molecule has 0 bridgehead atoms. The van der Waals surface area contributed by atoms with Gasteiger partial charge in [-0.3, -0.25) is 9.59 Å². The van der Waals surface area contributed by atoms with Crippen LogP contribution in [0.15, 0.2) is 54.7 Å². The molecule has 27 heavy (non-hydrogen) atoms. The Balaban J connectivity index is 1.77. The summed E-state index contributed by atoms with van der Waals surface area (Å²) in [7, 11) is 2.00. The van der Waals surface area contributed by atoms with Crippen LogP contribution in [0.2, 0.25) is 0 Å². The van der Waals surface area contributed by atoms with E-state index in [1.54, 1.807) is 27.6 Å². The first-order valence-electron chi connectivity index (χ1n) is 8.93. The van der Waals surface area contributed by atoms with Crippen LogP contribution in [-0.2, 0) is 4.79 Å². The maximum atomic E-state index is 13.3. The normalized spacial score (nSPS) is 15.3. The predicted octanol–water partition coefficient (Wildman–Crippen LogP) is 2.70. The first-order chi connectivity index (χ1) is 13.0. The number of aromatic nitrogens is 1. The van der Waals surface area contributed by atoms with Gasteiger partial charge in [0, 0.05) is 43.5 Å². The number of carbonyl (C=O) groups is 2. The number of carbonyl (C=O) groups excluding carboxylic acids is 2. The van der Waals surface area contributed by atoms with E-state index in [0.29, 0.717) is 29.9 Å². The van der Waals surface area contributed by atoms with Crippen LogP contribution in [0.5, 0.6) is 0 Å². The van der Waals surface area contributed by atoms with Crippen LogP contribution >= 0.6 is 0 Å². The lowest BCUT2D eigenvalue weighted by atomic mass is 10.0. The minimum atomic E-state index is -0.537. The number of Topliss-reactive ketones (excluding diaryl/α,β-unsaturated/α-hetero) is 1. The van der Waals surface area contributed by atoms with Crippen molar-refractivity contribution in [3.05, 3.63) is 66.2 Å². The monoisotopic (exact) mass is 365 g/mol. The average molecular weight is 365 g/mol. The molecule has 1 aromatic carbocycles. The number of benzene rings is 1. The Morgan fingerprint density at radius 2 is 1.67 bits per heavy atom. The largest absolute Gasteiger partial charge is 0.333 e. The smallest absolute Gasteiger partial charge is 0.296 e. The highest BCUT2D eigenvalue weighted by Crippen LogP contribution is 2.29. The maximum absolute atomic E-state index is 13.3. The van der Waals surface area contributed by atoms with Gasteiger partial charge in [-0.25, -0.2) is 4.39 Å². The Morgan fingerprint density at radius 3 is 2.37 bits per heavy atom. The Kier molecular flexibility index (Phi) is 4.49. The van der Waals surface area contributed by atoms with Crippen molar-refractivity contribution in [1.29, 1.82) is 0 Å². The number of fused-ring (bicyclic) bond motifs is 1. The number of nitrogens with zero attached hydrogens (tertiary/aromatic N) is 3. The molecule has 4 rings (SSSR count). The van der Waals surface area contributed by atoms with E-state index in [-0.39, 0.29) is 5.82 Å². The van der Waals surface area contributed by atoms with Crippen molar-refractivity contribution < 1.29 is 14.0 Å². The minimum Gasteiger partial charge on any atom is -0.333 e. The summed E-state index contributed by atoms with van der Waals surface area (Å²) >= 11 is 0. The second-order valence-electron chi connectivity index (χ2n) is 6.83. The van der Waals surface area contributed by atoms with Gasteiger partial charge in [-0.2, -0.15) is 0 Å². The number of halogens is 1. The van der Waals surface area contributed by atoms with Gasteiger partial charge in [0.15, 0.2) is 0 Å². The molecule has 5 nitrogen and oxygen atoms in total. The maximum Gasteiger partial charge on any atom is 0.296 e. The van der Waals surface area contributed by atoms with Crippen LogP contribution in [0, 0.1) is 5.82 Å². The van der Waals surface area contributed by atoms with Gasteiger partial charge in [-0.15, -0.1) is 0 Å². The van der Waals surface area contributed by atoms with Crippen LogP contribution < -0.4 is 0 Å². The summed E-state index contributed by atoms with van der Waals surface area (Å²) < 4.78 is 15.1. The molecule has 6 heteroatoms. The lowest BCUT2D eigenvalue weighted by Gasteiger charge is -2.31. The summed E-state index contributed by atoms with van der Waals surface area (Å²) in [6.45, 7) is 2.57. The first-order valence-corrected chi connectivity index (χ1v) is 8.93. The molecule has 0 aliphatic carbocycles. The van der Waals surface area contributed by atoms with Crippen molar-refractivity contribution in [3.63, 3.8) is 0 Å². The van der Waals surface area contributed by atoms with Crippen molar-refractivity contribution in [1.82, 2.24) is 14.2 Å². The van der Waals surface area contributed by atoms with Gasteiger partial charge >= 0.3 is 0 Å². The van der Waals surface area contributed by atoms with Crippen LogP contribution in [0.4, 0.5) is 4.39 Å². The molecule has 138 valence electrons. The van der Waals surface area contributed by atoms with Crippen LogP contribution in [0.25, 0.3) is 16.6 Å². The fourth-order valence-electron chi connectivity index (χ4n) is 3.46. The molecule has 0 N–H and O–H groups in total. The lowest BCUT2D eigenvalue weighted by Crippen LogP contribution is -2.49. The van der Waals surface area contributed by atoms with Gasteiger partial charge in [-0.05, 0) is 42.9 Å². The first kappa shape index (κ1) is 17.4. The van der Waals surface area contributed by atoms with Gasteiger partial charge < -0.3 is 14.2 Å². The fraction of sp³-hybridized carbons (Fsp3) is 0.238. The number of amides is 1. The number of hydrogen-bond acceptors (Lipinski definition) is 3. The van der Waals surface area contributed by atoms with Gasteiger partial charge in [-0.1, -0.05) is 18.2 Å². The van der Waals surface area contributed by atoms with E-state index in [0.717, 1.165) is 18.6 Å². The second kappa shape index (κ2) is 6.96. The Bertz CT molecular complexity index is 1000. The average Bonchev–Trinajstić information content (AvgIpc) is 3.07. The number of likely N-dealkylation sites (N-methyl/N-ethyl adjacent to an activating group) is 1. The highest BCUT2D eigenvalue weighted by atomic mass is 19.1. The highest BCUT2D eigenvalue weighted by molar-refractivity contribution is 6.43. The van der Waals surface area contributed by atoms with Gasteiger partial charge in [0.25, 0.3) is 11.7 Å². The van der Waals surface area contributed by atoms with Crippen molar-refractivity contribution in [2.24, 2.45) is 0 Å². The van der Waals surface area contributed by atoms with Gasteiger partial charge in [0.1, 0.15) is 11.5 Å². The molecule has 2 aromatic heterocycles. The summed E-state index contributed by atoms with van der Waals surface area (Å²) in [6.07, 6.45) is 1.77. The fourth-order valence-corrected chi connectivity index (χ4v) is 3.46. The summed E-state index contributed by atoms with van der Waals surface area (Å²) in [5.41, 5.74) is 2.47. The molecule has 0 unspecified atom stereocenters. The van der Waals surface area contributed by atoms with Crippen molar-refractivity contribution in [2.45, 2.75) is 0 Å². The third-order valence-corrected chi connectivity index (χ3v) is 5.03. The van der Waals surface area contributed by atoms with E-state index < -0.39 is 11.7 Å². The number of piperazine rings is 1. The third-order valence-electron chi connectivity index (χ3n) is 5.03. The van der Waals surface area contributed by atoms with Gasteiger partial charge in [0.05, 0.1) is 0 Å². The zero-order valence-electron chi connectivity index (χ0n) is 15.1. The van der Waals surface area contributed by atoms with E-state index in [9.17, 15) is 14.0 Å². The van der Waals surface area contributed by atoms with Gasteiger partial charge in [0.2, 0.25) is 0 Å². The number of rotatable bonds is 3. The molecule has 1 fully saturated rings. The van der Waals surface area contributed by atoms with E-state index >= 15 is 0 Å². The zero-order chi connectivity index (χ0) is 19.0. The molecule has 0 spiro atoms. The second-order valence-corrected chi connectivity index (χ2v) is 6.83.